The summed E-state index contributed by atoms with van der Waals surface area (Å²) in [5, 5.41) is 9.13. The summed E-state index contributed by atoms with van der Waals surface area (Å²) in [5.41, 5.74) is 1.79. The zero-order valence-electron chi connectivity index (χ0n) is 11.8. The van der Waals surface area contributed by atoms with Crippen LogP contribution in [0.25, 0.3) is 0 Å². The van der Waals surface area contributed by atoms with Crippen molar-refractivity contribution in [1.82, 2.24) is 9.88 Å². The molecule has 2 aromatic rings. The Balaban J connectivity index is 2.01. The summed E-state index contributed by atoms with van der Waals surface area (Å²) in [6.07, 6.45) is 4.31. The highest BCUT2D eigenvalue weighted by Gasteiger charge is 2.12. The molecule has 110 valence electrons. The van der Waals surface area contributed by atoms with Crippen molar-refractivity contribution in [2.75, 3.05) is 13.6 Å². The van der Waals surface area contributed by atoms with E-state index in [0.717, 1.165) is 18.5 Å². The molecule has 0 saturated heterocycles. The minimum absolute atomic E-state index is 0.146. The molecule has 1 aromatic carbocycles. The number of rotatable bonds is 6. The molecule has 4 nitrogen and oxygen atoms in total. The molecule has 0 bridgehead atoms. The maximum Gasteiger partial charge on any atom is 0.336 e. The highest BCUT2D eigenvalue weighted by molar-refractivity contribution is 5.89. The highest BCUT2D eigenvalue weighted by atomic mass is 19.1. The molecule has 5 heteroatoms. The fourth-order valence-corrected chi connectivity index (χ4v) is 2.14. The fraction of sp³-hybridized carbons (Fsp3) is 0.250. The number of hydrogen-bond acceptors (Lipinski definition) is 3. The summed E-state index contributed by atoms with van der Waals surface area (Å²) in [6.45, 7) is 1.14. The number of likely N-dealkylation sites (N-methyl/N-ethyl adjacent to an activating group) is 1. The molecular formula is C16H17FN2O2. The Morgan fingerprint density at radius 1 is 1.29 bits per heavy atom. The molecule has 0 saturated carbocycles. The molecule has 1 aromatic heterocycles. The molecule has 0 aliphatic rings. The van der Waals surface area contributed by atoms with Crippen LogP contribution in [0.1, 0.15) is 21.5 Å². The summed E-state index contributed by atoms with van der Waals surface area (Å²) >= 11 is 0. The van der Waals surface area contributed by atoms with Crippen molar-refractivity contribution in [1.29, 1.82) is 0 Å². The Morgan fingerprint density at radius 3 is 2.67 bits per heavy atom. The van der Waals surface area contributed by atoms with Crippen molar-refractivity contribution in [2.45, 2.75) is 13.0 Å². The summed E-state index contributed by atoms with van der Waals surface area (Å²) in [4.78, 5) is 17.1. The third-order valence-electron chi connectivity index (χ3n) is 3.27. The van der Waals surface area contributed by atoms with E-state index in [0.29, 0.717) is 12.1 Å². The quantitative estimate of drug-likeness (QED) is 0.887. The Labute approximate surface area is 122 Å². The van der Waals surface area contributed by atoms with Gasteiger partial charge in [-0.05, 0) is 54.9 Å². The van der Waals surface area contributed by atoms with Crippen LogP contribution in [0.4, 0.5) is 4.39 Å². The Bertz CT molecular complexity index is 617. The molecular weight excluding hydrogens is 271 g/mol. The molecule has 0 unspecified atom stereocenters. The molecule has 0 radical (unpaired) electrons. The minimum Gasteiger partial charge on any atom is -0.478 e. The average Bonchev–Trinajstić information content (AvgIpc) is 2.46. The molecule has 0 amide bonds. The SMILES string of the molecule is CN(CCc1ccncc1)Cc1cc(F)ccc1C(=O)O. The Morgan fingerprint density at radius 2 is 2.00 bits per heavy atom. The first-order valence-electron chi connectivity index (χ1n) is 6.65. The number of hydrogen-bond donors (Lipinski definition) is 1. The van der Waals surface area contributed by atoms with Gasteiger partial charge in [0.25, 0.3) is 0 Å². The normalized spacial score (nSPS) is 10.8. The van der Waals surface area contributed by atoms with Gasteiger partial charge < -0.3 is 10.0 Å². The monoisotopic (exact) mass is 288 g/mol. The average molecular weight is 288 g/mol. The van der Waals surface area contributed by atoms with Gasteiger partial charge in [0.2, 0.25) is 0 Å². The second-order valence-corrected chi connectivity index (χ2v) is 4.95. The van der Waals surface area contributed by atoms with Crippen LogP contribution in [0.5, 0.6) is 0 Å². The number of nitrogens with zero attached hydrogens (tertiary/aromatic N) is 2. The molecule has 0 aliphatic carbocycles. The lowest BCUT2D eigenvalue weighted by molar-refractivity contribution is 0.0694. The highest BCUT2D eigenvalue weighted by Crippen LogP contribution is 2.14. The van der Waals surface area contributed by atoms with Crippen LogP contribution in [-0.2, 0) is 13.0 Å². The van der Waals surface area contributed by atoms with Gasteiger partial charge in [0.1, 0.15) is 5.82 Å². The van der Waals surface area contributed by atoms with E-state index in [2.05, 4.69) is 4.98 Å². The predicted molar refractivity (Wildman–Crippen MR) is 77.6 cm³/mol. The first kappa shape index (κ1) is 15.1. The summed E-state index contributed by atoms with van der Waals surface area (Å²) in [7, 11) is 1.89. The smallest absolute Gasteiger partial charge is 0.336 e. The number of carboxylic acid groups (broad SMARTS) is 1. The zero-order chi connectivity index (χ0) is 15.2. The van der Waals surface area contributed by atoms with Crippen LogP contribution >= 0.6 is 0 Å². The van der Waals surface area contributed by atoms with Crippen molar-refractivity contribution in [3.63, 3.8) is 0 Å². The standard InChI is InChI=1S/C16H17FN2O2/c1-19(9-6-12-4-7-18-8-5-12)11-13-10-14(17)2-3-15(13)16(20)21/h2-5,7-8,10H,6,9,11H2,1H3,(H,20,21). The summed E-state index contributed by atoms with van der Waals surface area (Å²) < 4.78 is 13.3. The topological polar surface area (TPSA) is 53.4 Å². The van der Waals surface area contributed by atoms with Gasteiger partial charge in [-0.1, -0.05) is 0 Å². The minimum atomic E-state index is -1.03. The van der Waals surface area contributed by atoms with Gasteiger partial charge in [-0.3, -0.25) is 4.98 Å². The number of pyridine rings is 1. The fourth-order valence-electron chi connectivity index (χ4n) is 2.14. The number of benzene rings is 1. The Hall–Kier alpha value is -2.27. The zero-order valence-corrected chi connectivity index (χ0v) is 11.8. The number of carbonyl (C=O) groups is 1. The van der Waals surface area contributed by atoms with Gasteiger partial charge in [-0.15, -0.1) is 0 Å². The molecule has 21 heavy (non-hydrogen) atoms. The summed E-state index contributed by atoms with van der Waals surface area (Å²) in [5.74, 6) is -1.45. The van der Waals surface area contributed by atoms with Gasteiger partial charge in [0, 0.05) is 25.5 Å². The first-order valence-corrected chi connectivity index (χ1v) is 6.65. The van der Waals surface area contributed by atoms with Crippen molar-refractivity contribution >= 4 is 5.97 Å². The van der Waals surface area contributed by atoms with Gasteiger partial charge in [-0.2, -0.15) is 0 Å². The van der Waals surface area contributed by atoms with E-state index in [1.54, 1.807) is 12.4 Å². The Kier molecular flexibility index (Phi) is 5.00. The number of aromatic nitrogens is 1. The lowest BCUT2D eigenvalue weighted by atomic mass is 10.1. The maximum absolute atomic E-state index is 13.3. The van der Waals surface area contributed by atoms with Crippen molar-refractivity contribution < 1.29 is 14.3 Å². The van der Waals surface area contributed by atoms with E-state index in [9.17, 15) is 9.18 Å². The van der Waals surface area contributed by atoms with Crippen molar-refractivity contribution in [3.8, 4) is 0 Å². The van der Waals surface area contributed by atoms with Crippen LogP contribution in [0.2, 0.25) is 0 Å². The lowest BCUT2D eigenvalue weighted by Gasteiger charge is -2.18. The van der Waals surface area contributed by atoms with E-state index in [4.69, 9.17) is 5.11 Å². The lowest BCUT2D eigenvalue weighted by Crippen LogP contribution is -2.22. The van der Waals surface area contributed by atoms with Gasteiger partial charge in [0.15, 0.2) is 0 Å². The molecule has 0 spiro atoms. The third kappa shape index (κ3) is 4.36. The molecule has 0 aliphatic heterocycles. The second kappa shape index (κ2) is 6.95. The van der Waals surface area contributed by atoms with Crippen LogP contribution in [0.3, 0.4) is 0 Å². The van der Waals surface area contributed by atoms with E-state index >= 15 is 0 Å². The maximum atomic E-state index is 13.3. The molecule has 2 rings (SSSR count). The second-order valence-electron chi connectivity index (χ2n) is 4.95. The molecule has 0 atom stereocenters. The van der Waals surface area contributed by atoms with E-state index in [1.165, 1.54) is 18.2 Å². The van der Waals surface area contributed by atoms with E-state index in [1.807, 2.05) is 24.1 Å². The van der Waals surface area contributed by atoms with E-state index < -0.39 is 11.8 Å². The van der Waals surface area contributed by atoms with Crippen molar-refractivity contribution in [2.24, 2.45) is 0 Å². The van der Waals surface area contributed by atoms with E-state index in [-0.39, 0.29) is 5.56 Å². The molecule has 1 heterocycles. The van der Waals surface area contributed by atoms with Gasteiger partial charge >= 0.3 is 5.97 Å². The van der Waals surface area contributed by atoms with Crippen LogP contribution in [-0.4, -0.2) is 34.6 Å². The molecule has 1 N–H and O–H groups in total. The van der Waals surface area contributed by atoms with Crippen LogP contribution < -0.4 is 0 Å². The number of aromatic carboxylic acids is 1. The van der Waals surface area contributed by atoms with Crippen LogP contribution in [0.15, 0.2) is 42.7 Å². The summed E-state index contributed by atoms with van der Waals surface area (Å²) in [6, 6.07) is 7.65. The third-order valence-corrected chi connectivity index (χ3v) is 3.27. The largest absolute Gasteiger partial charge is 0.478 e. The van der Waals surface area contributed by atoms with Gasteiger partial charge in [0.05, 0.1) is 5.56 Å². The number of carboxylic acids is 1. The van der Waals surface area contributed by atoms with Crippen molar-refractivity contribution in [3.05, 3.63) is 65.2 Å². The first-order chi connectivity index (χ1) is 10.1. The number of halogens is 1. The van der Waals surface area contributed by atoms with Gasteiger partial charge in [-0.25, -0.2) is 9.18 Å². The molecule has 0 fully saturated rings. The van der Waals surface area contributed by atoms with Crippen LogP contribution in [0, 0.1) is 5.82 Å². The predicted octanol–water partition coefficient (Wildman–Crippen LogP) is 2.59.